The minimum atomic E-state index is -0.466. The van der Waals surface area contributed by atoms with Gasteiger partial charge >= 0.3 is 0 Å². The highest BCUT2D eigenvalue weighted by Gasteiger charge is 2.51. The van der Waals surface area contributed by atoms with Gasteiger partial charge in [-0.1, -0.05) is 53.5 Å². The normalized spacial score (nSPS) is 17.6. The van der Waals surface area contributed by atoms with Crippen LogP contribution in [0.2, 0.25) is 10.0 Å². The molecule has 1 N–H and O–H groups in total. The minimum Gasteiger partial charge on any atom is -0.342 e. The predicted octanol–water partition coefficient (Wildman–Crippen LogP) is 5.21. The lowest BCUT2D eigenvalue weighted by atomic mass is 9.85. The van der Waals surface area contributed by atoms with Gasteiger partial charge < -0.3 is 10.2 Å². The van der Waals surface area contributed by atoms with Crippen LogP contribution in [0.1, 0.15) is 32.5 Å². The predicted molar refractivity (Wildman–Crippen MR) is 151 cm³/mol. The number of nitrogens with one attached hydrogen (secondary N) is 1. The highest BCUT2D eigenvalue weighted by molar-refractivity contribution is 6.33. The molecule has 8 nitrogen and oxygen atoms in total. The third-order valence-corrected chi connectivity index (χ3v) is 8.36. The average Bonchev–Trinajstić information content (AvgIpc) is 3.44. The fourth-order valence-electron chi connectivity index (χ4n) is 5.79. The average molecular weight is 550 g/mol. The van der Waals surface area contributed by atoms with E-state index in [1.54, 1.807) is 4.52 Å². The highest BCUT2D eigenvalue weighted by Crippen LogP contribution is 2.39. The molecule has 0 aliphatic carbocycles. The molecule has 2 fully saturated rings. The number of benzene rings is 2. The van der Waals surface area contributed by atoms with Crippen molar-refractivity contribution < 1.29 is 4.79 Å². The van der Waals surface area contributed by atoms with Crippen molar-refractivity contribution in [1.29, 1.82) is 0 Å². The Morgan fingerprint density at radius 1 is 1.00 bits per heavy atom. The molecule has 4 heterocycles. The third-order valence-electron chi connectivity index (χ3n) is 7.78. The maximum atomic E-state index is 12.9. The second-order valence-electron chi connectivity index (χ2n) is 10.3. The number of hydrogen-bond acceptors (Lipinski definition) is 6. The molecule has 38 heavy (non-hydrogen) atoms. The van der Waals surface area contributed by atoms with Crippen LogP contribution >= 0.6 is 23.2 Å². The van der Waals surface area contributed by atoms with Crippen molar-refractivity contribution in [2.45, 2.75) is 45.2 Å². The van der Waals surface area contributed by atoms with Gasteiger partial charge in [-0.15, -0.1) is 0 Å². The molecule has 2 aliphatic heterocycles. The van der Waals surface area contributed by atoms with E-state index in [9.17, 15) is 4.79 Å². The zero-order valence-electron chi connectivity index (χ0n) is 21.6. The smallest absolute Gasteiger partial charge is 0.241 e. The summed E-state index contributed by atoms with van der Waals surface area (Å²) in [5.74, 6) is 1.49. The van der Waals surface area contributed by atoms with Crippen LogP contribution in [0, 0.1) is 6.92 Å². The Bertz CT molecular complexity index is 1520. The van der Waals surface area contributed by atoms with Gasteiger partial charge in [0.05, 0.1) is 17.3 Å². The third kappa shape index (κ3) is 4.02. The van der Waals surface area contributed by atoms with Crippen molar-refractivity contribution in [2.75, 3.05) is 24.7 Å². The lowest BCUT2D eigenvalue weighted by molar-refractivity contribution is -0.128. The standard InChI is InChI=1S/C28H29Cl2N7O/c1-17(2)36-16-31-26(38)28(36)12-14-35(15-13-28)27-32-18(3)37-25(33-27)23(19-8-10-20(29)11-9-19)24(34-37)21-6-4-5-7-22(21)30/h4-11,17H,12-16H2,1-3H3,(H,31,38). The molecule has 2 saturated heterocycles. The highest BCUT2D eigenvalue weighted by atomic mass is 35.5. The maximum absolute atomic E-state index is 12.9. The number of carbonyl (C=O) groups is 1. The second-order valence-corrected chi connectivity index (χ2v) is 11.1. The molecule has 2 aromatic heterocycles. The maximum Gasteiger partial charge on any atom is 0.241 e. The Morgan fingerprint density at radius 2 is 1.71 bits per heavy atom. The Kier molecular flexibility index (Phi) is 6.29. The van der Waals surface area contributed by atoms with E-state index in [0.717, 1.165) is 41.1 Å². The number of fused-ring (bicyclic) bond motifs is 1. The Hall–Kier alpha value is -3.20. The van der Waals surface area contributed by atoms with Crippen LogP contribution < -0.4 is 10.2 Å². The van der Waals surface area contributed by atoms with Gasteiger partial charge in [-0.2, -0.15) is 19.6 Å². The number of anilines is 1. The summed E-state index contributed by atoms with van der Waals surface area (Å²) in [4.78, 5) is 27.2. The molecule has 2 aromatic carbocycles. The molecule has 10 heteroatoms. The fraction of sp³-hybridized carbons (Fsp3) is 0.357. The number of amides is 1. The zero-order chi connectivity index (χ0) is 26.6. The number of carbonyl (C=O) groups excluding carboxylic acids is 1. The summed E-state index contributed by atoms with van der Waals surface area (Å²) in [6.07, 6.45) is 1.44. The van der Waals surface area contributed by atoms with E-state index in [1.807, 2.05) is 55.5 Å². The van der Waals surface area contributed by atoms with Crippen LogP contribution in [0.25, 0.3) is 28.0 Å². The topological polar surface area (TPSA) is 78.7 Å². The molecule has 1 spiro atoms. The van der Waals surface area contributed by atoms with Crippen LogP contribution in [0.15, 0.2) is 48.5 Å². The number of rotatable bonds is 4. The Balaban J connectivity index is 1.44. The van der Waals surface area contributed by atoms with Gasteiger partial charge in [0, 0.05) is 29.7 Å². The van der Waals surface area contributed by atoms with E-state index in [-0.39, 0.29) is 11.9 Å². The first-order chi connectivity index (χ1) is 18.3. The van der Waals surface area contributed by atoms with E-state index >= 15 is 0 Å². The van der Waals surface area contributed by atoms with E-state index < -0.39 is 5.54 Å². The second kappa shape index (κ2) is 9.52. The number of hydrogen-bond donors (Lipinski definition) is 1. The van der Waals surface area contributed by atoms with Crippen molar-refractivity contribution in [1.82, 2.24) is 29.8 Å². The van der Waals surface area contributed by atoms with Gasteiger partial charge in [0.2, 0.25) is 11.9 Å². The molecule has 0 saturated carbocycles. The van der Waals surface area contributed by atoms with Gasteiger partial charge in [0.15, 0.2) is 5.65 Å². The number of aryl methyl sites for hydroxylation is 1. The van der Waals surface area contributed by atoms with E-state index in [4.69, 9.17) is 38.3 Å². The molecule has 196 valence electrons. The van der Waals surface area contributed by atoms with Gasteiger partial charge in [0.1, 0.15) is 17.1 Å². The molecular formula is C28H29Cl2N7O. The Morgan fingerprint density at radius 3 is 2.39 bits per heavy atom. The number of aromatic nitrogens is 4. The first-order valence-corrected chi connectivity index (χ1v) is 13.6. The van der Waals surface area contributed by atoms with Gasteiger partial charge in [-0.3, -0.25) is 9.69 Å². The van der Waals surface area contributed by atoms with Crippen molar-refractivity contribution in [2.24, 2.45) is 0 Å². The monoisotopic (exact) mass is 549 g/mol. The molecule has 1 amide bonds. The molecule has 0 radical (unpaired) electrons. The van der Waals surface area contributed by atoms with Gasteiger partial charge in [0.25, 0.3) is 0 Å². The summed E-state index contributed by atoms with van der Waals surface area (Å²) in [7, 11) is 0. The first-order valence-electron chi connectivity index (χ1n) is 12.9. The molecule has 0 unspecified atom stereocenters. The van der Waals surface area contributed by atoms with Gasteiger partial charge in [-0.05, 0) is 57.4 Å². The number of halogens is 2. The van der Waals surface area contributed by atoms with Crippen molar-refractivity contribution in [3.05, 3.63) is 64.4 Å². The van der Waals surface area contributed by atoms with Crippen LogP contribution in [0.3, 0.4) is 0 Å². The molecule has 4 aromatic rings. The lowest BCUT2D eigenvalue weighted by Gasteiger charge is -2.44. The summed E-state index contributed by atoms with van der Waals surface area (Å²) < 4.78 is 1.78. The lowest BCUT2D eigenvalue weighted by Crippen LogP contribution is -2.58. The molecule has 0 bridgehead atoms. The van der Waals surface area contributed by atoms with Crippen LogP contribution in [0.4, 0.5) is 5.95 Å². The summed E-state index contributed by atoms with van der Waals surface area (Å²) in [5.41, 5.74) is 3.61. The summed E-state index contributed by atoms with van der Waals surface area (Å²) in [5, 5.41) is 9.25. The summed E-state index contributed by atoms with van der Waals surface area (Å²) in [6, 6.07) is 15.6. The quantitative estimate of drug-likeness (QED) is 0.376. The first kappa shape index (κ1) is 25.1. The molecule has 0 atom stereocenters. The zero-order valence-corrected chi connectivity index (χ0v) is 23.1. The molecule has 6 rings (SSSR count). The largest absolute Gasteiger partial charge is 0.342 e. The summed E-state index contributed by atoms with van der Waals surface area (Å²) >= 11 is 12.8. The minimum absolute atomic E-state index is 0.128. The fourth-order valence-corrected chi connectivity index (χ4v) is 6.14. The van der Waals surface area contributed by atoms with Gasteiger partial charge in [-0.25, -0.2) is 0 Å². The number of nitrogens with zero attached hydrogens (tertiary/aromatic N) is 6. The van der Waals surface area contributed by atoms with E-state index in [0.29, 0.717) is 41.4 Å². The van der Waals surface area contributed by atoms with E-state index in [2.05, 4.69) is 29.0 Å². The van der Waals surface area contributed by atoms with Crippen molar-refractivity contribution in [3.8, 4) is 22.4 Å². The number of piperidine rings is 1. The SMILES string of the molecule is Cc1nc(N2CCC3(CC2)C(=O)NCN3C(C)C)nc2c(-c3ccc(Cl)cc3)c(-c3ccccc3Cl)nn12. The Labute approximate surface area is 231 Å². The van der Waals surface area contributed by atoms with Crippen molar-refractivity contribution in [3.63, 3.8) is 0 Å². The van der Waals surface area contributed by atoms with Crippen molar-refractivity contribution >= 4 is 40.7 Å². The van der Waals surface area contributed by atoms with E-state index in [1.165, 1.54) is 0 Å². The van der Waals surface area contributed by atoms with Crippen LogP contribution in [0.5, 0.6) is 0 Å². The molecule has 2 aliphatic rings. The van der Waals surface area contributed by atoms with Crippen LogP contribution in [-0.4, -0.2) is 61.7 Å². The molecular weight excluding hydrogens is 521 g/mol. The van der Waals surface area contributed by atoms with Crippen LogP contribution in [-0.2, 0) is 4.79 Å². The summed E-state index contributed by atoms with van der Waals surface area (Å²) in [6.45, 7) is 8.20.